The van der Waals surface area contributed by atoms with Crippen molar-refractivity contribution in [2.75, 3.05) is 26.3 Å². The number of piperidine rings is 4. The number of nitrogens with one attached hydrogen (secondary N) is 1. The first-order valence-electron chi connectivity index (χ1n) is 21.1. The minimum atomic E-state index is -0.552. The molecule has 0 aromatic carbocycles. The molecule has 3 amide bonds. The maximum Gasteiger partial charge on any atom is 0.410 e. The van der Waals surface area contributed by atoms with E-state index in [9.17, 15) is 24.0 Å². The third-order valence-corrected chi connectivity index (χ3v) is 12.2. The van der Waals surface area contributed by atoms with E-state index in [1.165, 1.54) is 0 Å². The number of esters is 2. The second kappa shape index (κ2) is 17.2. The molecule has 16 heteroatoms. The van der Waals surface area contributed by atoms with Gasteiger partial charge in [0.05, 0.1) is 56.1 Å². The number of hydrogen-bond acceptors (Lipinski definition) is 11. The smallest absolute Gasteiger partial charge is 0.410 e. The summed E-state index contributed by atoms with van der Waals surface area (Å²) < 4.78 is 19.7. The first-order chi connectivity index (χ1) is 27.3. The van der Waals surface area contributed by atoms with Crippen LogP contribution < -0.4 is 5.32 Å². The maximum absolute atomic E-state index is 13.5. The van der Waals surface area contributed by atoms with Crippen LogP contribution in [-0.4, -0.2) is 120 Å². The Morgan fingerprint density at radius 3 is 1.63 bits per heavy atom. The first-order valence-corrected chi connectivity index (χ1v) is 21.1. The maximum atomic E-state index is 13.5. The average molecular weight is 793 g/mol. The third-order valence-electron chi connectivity index (χ3n) is 12.2. The molecule has 6 aliphatic heterocycles. The average Bonchev–Trinajstić information content (AvgIpc) is 3.81. The Morgan fingerprint density at radius 1 is 0.702 bits per heavy atom. The molecular weight excluding hydrogens is 732 g/mol. The van der Waals surface area contributed by atoms with Gasteiger partial charge in [-0.15, -0.1) is 0 Å². The number of ether oxygens (including phenoxy) is 3. The number of amides is 3. The van der Waals surface area contributed by atoms with Crippen molar-refractivity contribution in [1.82, 2.24) is 39.6 Å². The lowest BCUT2D eigenvalue weighted by Gasteiger charge is -2.48. The molecule has 16 nitrogen and oxygen atoms in total. The topological polar surface area (TPSA) is 170 Å². The molecule has 312 valence electrons. The third kappa shape index (κ3) is 9.00. The fraction of sp³-hybridized carbons (Fsp3) is 0.732. The van der Waals surface area contributed by atoms with Crippen molar-refractivity contribution in [1.29, 1.82) is 0 Å². The number of carbonyl (C=O) groups is 5. The fourth-order valence-electron chi connectivity index (χ4n) is 9.75. The predicted molar refractivity (Wildman–Crippen MR) is 207 cm³/mol. The van der Waals surface area contributed by atoms with Gasteiger partial charge in [0.15, 0.2) is 11.4 Å². The van der Waals surface area contributed by atoms with Gasteiger partial charge in [0.2, 0.25) is 0 Å². The van der Waals surface area contributed by atoms with Crippen molar-refractivity contribution in [3.63, 3.8) is 0 Å². The normalized spacial score (nSPS) is 26.6. The van der Waals surface area contributed by atoms with Gasteiger partial charge in [0.1, 0.15) is 5.60 Å². The summed E-state index contributed by atoms with van der Waals surface area (Å²) in [6.45, 7) is 13.8. The van der Waals surface area contributed by atoms with Gasteiger partial charge in [-0.2, -0.15) is 10.2 Å². The summed E-state index contributed by atoms with van der Waals surface area (Å²) >= 11 is 0. The molecule has 8 rings (SSSR count). The molecule has 0 saturated carbocycles. The van der Waals surface area contributed by atoms with Crippen molar-refractivity contribution in [3.8, 4) is 0 Å². The molecule has 2 aromatic rings. The summed E-state index contributed by atoms with van der Waals surface area (Å²) in [6.07, 6.45) is 8.32. The van der Waals surface area contributed by atoms with Crippen LogP contribution in [0.5, 0.6) is 0 Å². The highest BCUT2D eigenvalue weighted by molar-refractivity contribution is 5.94. The van der Waals surface area contributed by atoms with Crippen molar-refractivity contribution >= 4 is 29.8 Å². The highest BCUT2D eigenvalue weighted by atomic mass is 16.6. The lowest BCUT2D eigenvalue weighted by Crippen LogP contribution is -2.55. The standard InChI is InChI=1S/C23H34N4O5.C18H26N4O3/c1-5-31-21(29)15-11-16-7-6-8-17(12-15)27(16)20(28)19-13-18-14-25(9-10-26(18)24-19)22(30)32-23(2,3)4;1-2-25-18(24)12-8-13-4-3-5-14(9-12)22(13)17(23)16-10-15-11-19-6-7-21(15)20-16/h13,15-17H,5-12,14H2,1-4H3;10,12-14,19H,2-9,11H2,1H3. The van der Waals surface area contributed by atoms with Crippen LogP contribution in [0.3, 0.4) is 0 Å². The summed E-state index contributed by atoms with van der Waals surface area (Å²) in [5, 5.41) is 12.4. The summed E-state index contributed by atoms with van der Waals surface area (Å²) in [5.74, 6) is -0.497. The second-order valence-electron chi connectivity index (χ2n) is 17.3. The molecule has 4 atom stereocenters. The number of nitrogens with zero attached hydrogens (tertiary/aromatic N) is 7. The number of carbonyl (C=O) groups excluding carboxylic acids is 5. The molecule has 0 spiro atoms. The largest absolute Gasteiger partial charge is 0.466 e. The van der Waals surface area contributed by atoms with Crippen LogP contribution in [0.25, 0.3) is 0 Å². The van der Waals surface area contributed by atoms with Crippen LogP contribution in [0.15, 0.2) is 12.1 Å². The molecule has 1 N–H and O–H groups in total. The van der Waals surface area contributed by atoms with Crippen molar-refractivity contribution in [2.24, 2.45) is 11.8 Å². The number of fused-ring (bicyclic) bond motifs is 6. The predicted octanol–water partition coefficient (Wildman–Crippen LogP) is 4.29. The van der Waals surface area contributed by atoms with E-state index in [0.29, 0.717) is 57.1 Å². The van der Waals surface area contributed by atoms with E-state index in [-0.39, 0.29) is 65.8 Å². The summed E-state index contributed by atoms with van der Waals surface area (Å²) in [7, 11) is 0. The van der Waals surface area contributed by atoms with E-state index in [1.807, 2.05) is 59.8 Å². The van der Waals surface area contributed by atoms with Crippen LogP contribution in [0.2, 0.25) is 0 Å². The van der Waals surface area contributed by atoms with Crippen LogP contribution in [0, 0.1) is 11.8 Å². The van der Waals surface area contributed by atoms with Crippen molar-refractivity contribution in [3.05, 3.63) is 34.9 Å². The van der Waals surface area contributed by atoms with E-state index in [0.717, 1.165) is 82.4 Å². The summed E-state index contributed by atoms with van der Waals surface area (Å²) in [6, 6.07) is 4.06. The Hall–Kier alpha value is -4.47. The van der Waals surface area contributed by atoms with Gasteiger partial charge in [-0.05, 0) is 111 Å². The Bertz CT molecular complexity index is 1770. The zero-order valence-electron chi connectivity index (χ0n) is 34.2. The van der Waals surface area contributed by atoms with E-state index in [1.54, 1.807) is 11.0 Å². The van der Waals surface area contributed by atoms with Crippen molar-refractivity contribution in [2.45, 2.75) is 155 Å². The van der Waals surface area contributed by atoms with E-state index < -0.39 is 5.60 Å². The van der Waals surface area contributed by atoms with Crippen LogP contribution in [0.4, 0.5) is 4.79 Å². The van der Waals surface area contributed by atoms with Gasteiger partial charge in [-0.25, -0.2) is 4.79 Å². The zero-order chi connectivity index (χ0) is 40.4. The molecule has 4 unspecified atom stereocenters. The quantitative estimate of drug-likeness (QED) is 0.327. The van der Waals surface area contributed by atoms with Crippen LogP contribution in [-0.2, 0) is 50.0 Å². The molecule has 4 bridgehead atoms. The monoisotopic (exact) mass is 792 g/mol. The molecule has 6 aliphatic rings. The highest BCUT2D eigenvalue weighted by Gasteiger charge is 2.46. The Labute approximate surface area is 334 Å². The van der Waals surface area contributed by atoms with E-state index >= 15 is 0 Å². The van der Waals surface area contributed by atoms with Crippen LogP contribution in [0.1, 0.15) is 131 Å². The molecule has 0 radical (unpaired) electrons. The zero-order valence-corrected chi connectivity index (χ0v) is 34.2. The molecule has 4 fully saturated rings. The fourth-order valence-corrected chi connectivity index (χ4v) is 9.75. The van der Waals surface area contributed by atoms with Gasteiger partial charge >= 0.3 is 18.0 Å². The van der Waals surface area contributed by atoms with Gasteiger partial charge < -0.3 is 34.2 Å². The summed E-state index contributed by atoms with van der Waals surface area (Å²) in [5.41, 5.74) is 2.31. The molecule has 2 aromatic heterocycles. The highest BCUT2D eigenvalue weighted by Crippen LogP contribution is 2.40. The molecule has 57 heavy (non-hydrogen) atoms. The number of rotatable bonds is 6. The lowest BCUT2D eigenvalue weighted by molar-refractivity contribution is -0.152. The van der Waals surface area contributed by atoms with E-state index in [2.05, 4.69) is 15.5 Å². The first kappa shape index (κ1) is 40.7. The Balaban J connectivity index is 0.000000179. The SMILES string of the molecule is CCOC(=O)C1CC2CCCC(C1)N2C(=O)c1cc2n(n1)CCN(C(=O)OC(C)(C)C)C2.CCOC(=O)C1CC2CCCC(C1)N2C(=O)c1cc2n(n1)CCNC2. The minimum absolute atomic E-state index is 0.0268. The number of hydrogen-bond donors (Lipinski definition) is 1. The minimum Gasteiger partial charge on any atom is -0.466 e. The molecular formula is C41H60N8O8. The second-order valence-corrected chi connectivity index (χ2v) is 17.3. The molecule has 8 heterocycles. The van der Waals surface area contributed by atoms with Crippen LogP contribution >= 0.6 is 0 Å². The summed E-state index contributed by atoms with van der Waals surface area (Å²) in [4.78, 5) is 69.1. The van der Waals surface area contributed by atoms with E-state index in [4.69, 9.17) is 14.2 Å². The molecule has 4 saturated heterocycles. The molecule has 0 aliphatic carbocycles. The van der Waals surface area contributed by atoms with Gasteiger partial charge in [0.25, 0.3) is 11.8 Å². The lowest BCUT2D eigenvalue weighted by atomic mass is 9.78. The van der Waals surface area contributed by atoms with Gasteiger partial charge in [0, 0.05) is 43.8 Å². The van der Waals surface area contributed by atoms with Crippen molar-refractivity contribution < 1.29 is 38.2 Å². The Kier molecular flexibility index (Phi) is 12.3. The Morgan fingerprint density at radius 2 is 1.18 bits per heavy atom. The van der Waals surface area contributed by atoms with Gasteiger partial charge in [-0.1, -0.05) is 0 Å². The number of aromatic nitrogens is 4. The van der Waals surface area contributed by atoms with Gasteiger partial charge in [-0.3, -0.25) is 28.5 Å².